The molecule has 1 fully saturated rings. The smallest absolute Gasteiger partial charge is 0.269 e. The van der Waals surface area contributed by atoms with Gasteiger partial charge in [-0.05, 0) is 53.6 Å². The number of nitro groups is 1. The van der Waals surface area contributed by atoms with Gasteiger partial charge in [0.05, 0.1) is 4.92 Å². The largest absolute Gasteiger partial charge is 0.368 e. The van der Waals surface area contributed by atoms with Crippen LogP contribution < -0.4 is 4.90 Å². The van der Waals surface area contributed by atoms with Crippen LogP contribution in [0.5, 0.6) is 0 Å². The molecule has 1 heterocycles. The maximum atomic E-state index is 13.4. The van der Waals surface area contributed by atoms with E-state index in [4.69, 9.17) is 0 Å². The number of rotatable bonds is 5. The molecule has 1 aliphatic heterocycles. The molecule has 0 saturated carbocycles. The number of anilines is 1. The van der Waals surface area contributed by atoms with Crippen LogP contribution in [0.25, 0.3) is 11.6 Å². The van der Waals surface area contributed by atoms with Crippen molar-refractivity contribution in [2.24, 2.45) is 0 Å². The second-order valence-corrected chi connectivity index (χ2v) is 7.53. The molecule has 1 saturated heterocycles. The average Bonchev–Trinajstić information content (AvgIpc) is 2.83. The zero-order valence-electron chi connectivity index (χ0n) is 17.4. The van der Waals surface area contributed by atoms with Crippen molar-refractivity contribution in [3.8, 4) is 0 Å². The topological polar surface area (TPSA) is 66.7 Å². The standard InChI is InChI=1S/C25H22FN3O3/c26-21-8-12-22(13-9-21)27-14-16-28(17-15-27)25(30)24(20-4-2-1-3-5-20)18-19-6-10-23(11-7-19)29(31)32/h1-13,18H,14-17H2/b24-18+. The predicted octanol–water partition coefficient (Wildman–Crippen LogP) is 4.62. The molecule has 0 bridgehead atoms. The summed E-state index contributed by atoms with van der Waals surface area (Å²) in [7, 11) is 0. The van der Waals surface area contributed by atoms with Crippen LogP contribution in [0.15, 0.2) is 78.9 Å². The summed E-state index contributed by atoms with van der Waals surface area (Å²) < 4.78 is 13.2. The molecule has 1 amide bonds. The number of hydrogen-bond donors (Lipinski definition) is 0. The lowest BCUT2D eigenvalue weighted by Gasteiger charge is -2.36. The monoisotopic (exact) mass is 431 g/mol. The van der Waals surface area contributed by atoms with Gasteiger partial charge in [0.25, 0.3) is 11.6 Å². The fraction of sp³-hybridized carbons (Fsp3) is 0.160. The van der Waals surface area contributed by atoms with Crippen LogP contribution in [0.1, 0.15) is 11.1 Å². The molecule has 0 aromatic heterocycles. The number of non-ortho nitro benzene ring substituents is 1. The molecule has 4 rings (SSSR count). The van der Waals surface area contributed by atoms with E-state index in [9.17, 15) is 19.3 Å². The number of amides is 1. The molecule has 3 aromatic rings. The first-order chi connectivity index (χ1) is 15.5. The van der Waals surface area contributed by atoms with E-state index in [1.807, 2.05) is 35.2 Å². The maximum absolute atomic E-state index is 13.4. The van der Waals surface area contributed by atoms with Gasteiger partial charge >= 0.3 is 0 Å². The number of halogens is 1. The Morgan fingerprint density at radius 1 is 0.875 bits per heavy atom. The highest BCUT2D eigenvalue weighted by Gasteiger charge is 2.24. The molecule has 3 aromatic carbocycles. The third kappa shape index (κ3) is 4.83. The Balaban J connectivity index is 1.54. The van der Waals surface area contributed by atoms with E-state index in [2.05, 4.69) is 4.90 Å². The Morgan fingerprint density at radius 3 is 2.09 bits per heavy atom. The van der Waals surface area contributed by atoms with Crippen molar-refractivity contribution in [3.63, 3.8) is 0 Å². The van der Waals surface area contributed by atoms with Crippen molar-refractivity contribution in [1.29, 1.82) is 0 Å². The van der Waals surface area contributed by atoms with Crippen molar-refractivity contribution < 1.29 is 14.1 Å². The highest BCUT2D eigenvalue weighted by atomic mass is 19.1. The molecule has 0 atom stereocenters. The molecule has 0 radical (unpaired) electrons. The molecule has 7 heteroatoms. The van der Waals surface area contributed by atoms with Crippen molar-refractivity contribution in [3.05, 3.63) is 106 Å². The quantitative estimate of drug-likeness (QED) is 0.256. The van der Waals surface area contributed by atoms with Crippen molar-refractivity contribution in [1.82, 2.24) is 4.90 Å². The van der Waals surface area contributed by atoms with Crippen LogP contribution in [0.3, 0.4) is 0 Å². The Bertz CT molecular complexity index is 1120. The molecular formula is C25H22FN3O3. The molecule has 0 aliphatic carbocycles. The third-order valence-electron chi connectivity index (χ3n) is 5.49. The summed E-state index contributed by atoms with van der Waals surface area (Å²) in [5, 5.41) is 10.9. The minimum absolute atomic E-state index is 0.00616. The first kappa shape index (κ1) is 21.2. The van der Waals surface area contributed by atoms with Gasteiger partial charge in [-0.3, -0.25) is 14.9 Å². The van der Waals surface area contributed by atoms with Crippen molar-refractivity contribution >= 4 is 28.9 Å². The van der Waals surface area contributed by atoms with Gasteiger partial charge in [-0.15, -0.1) is 0 Å². The Kier molecular flexibility index (Phi) is 6.26. The summed E-state index contributed by atoms with van der Waals surface area (Å²) in [6, 6.07) is 21.9. The lowest BCUT2D eigenvalue weighted by atomic mass is 10.0. The highest BCUT2D eigenvalue weighted by Crippen LogP contribution is 2.24. The number of hydrogen-bond acceptors (Lipinski definition) is 4. The summed E-state index contributed by atoms with van der Waals surface area (Å²) >= 11 is 0. The van der Waals surface area contributed by atoms with Crippen LogP contribution in [-0.2, 0) is 4.79 Å². The van der Waals surface area contributed by atoms with E-state index in [0.717, 1.165) is 11.3 Å². The van der Waals surface area contributed by atoms with Crippen molar-refractivity contribution in [2.75, 3.05) is 31.1 Å². The van der Waals surface area contributed by atoms with Crippen LogP contribution in [0, 0.1) is 15.9 Å². The van der Waals surface area contributed by atoms with Crippen LogP contribution in [0.2, 0.25) is 0 Å². The minimum Gasteiger partial charge on any atom is -0.368 e. The minimum atomic E-state index is -0.447. The van der Waals surface area contributed by atoms with Gasteiger partial charge in [0.1, 0.15) is 5.82 Å². The Hall–Kier alpha value is -4.00. The fourth-order valence-corrected chi connectivity index (χ4v) is 3.74. The zero-order chi connectivity index (χ0) is 22.5. The molecule has 0 spiro atoms. The summed E-state index contributed by atoms with van der Waals surface area (Å²) in [6.45, 7) is 2.38. The summed E-state index contributed by atoms with van der Waals surface area (Å²) in [5.41, 5.74) is 2.98. The number of benzene rings is 3. The number of nitrogens with zero attached hydrogens (tertiary/aromatic N) is 3. The first-order valence-corrected chi connectivity index (χ1v) is 10.3. The average molecular weight is 431 g/mol. The molecule has 162 valence electrons. The molecule has 6 nitrogen and oxygen atoms in total. The molecule has 1 aliphatic rings. The van der Waals surface area contributed by atoms with E-state index in [1.54, 1.807) is 30.3 Å². The Morgan fingerprint density at radius 2 is 1.50 bits per heavy atom. The lowest BCUT2D eigenvalue weighted by molar-refractivity contribution is -0.384. The second kappa shape index (κ2) is 9.43. The molecule has 0 unspecified atom stereocenters. The lowest BCUT2D eigenvalue weighted by Crippen LogP contribution is -2.49. The molecule has 0 N–H and O–H groups in total. The van der Waals surface area contributed by atoms with Gasteiger partial charge in [-0.2, -0.15) is 0 Å². The maximum Gasteiger partial charge on any atom is 0.269 e. The normalized spacial score (nSPS) is 14.3. The predicted molar refractivity (Wildman–Crippen MR) is 123 cm³/mol. The number of carbonyl (C=O) groups is 1. The molecule has 32 heavy (non-hydrogen) atoms. The SMILES string of the molecule is O=C(/C(=C/c1ccc([N+](=O)[O-])cc1)c1ccccc1)N1CCN(c2ccc(F)cc2)CC1. The van der Waals surface area contributed by atoms with E-state index in [-0.39, 0.29) is 17.4 Å². The van der Waals surface area contributed by atoms with E-state index in [1.165, 1.54) is 24.3 Å². The number of piperazine rings is 1. The Labute approximate surface area is 185 Å². The zero-order valence-corrected chi connectivity index (χ0v) is 17.4. The third-order valence-corrected chi connectivity index (χ3v) is 5.49. The van der Waals surface area contributed by atoms with Crippen LogP contribution in [-0.4, -0.2) is 41.9 Å². The van der Waals surface area contributed by atoms with Gasteiger partial charge < -0.3 is 9.80 Å². The van der Waals surface area contributed by atoms with Gasteiger partial charge in [0, 0.05) is 49.6 Å². The summed E-state index contributed by atoms with van der Waals surface area (Å²) in [4.78, 5) is 27.9. The van der Waals surface area contributed by atoms with E-state index < -0.39 is 4.92 Å². The second-order valence-electron chi connectivity index (χ2n) is 7.53. The highest BCUT2D eigenvalue weighted by molar-refractivity contribution is 6.24. The van der Waals surface area contributed by atoms with Gasteiger partial charge in [0.2, 0.25) is 0 Å². The fourth-order valence-electron chi connectivity index (χ4n) is 3.74. The summed E-state index contributed by atoms with van der Waals surface area (Å²) in [5.74, 6) is -0.361. The van der Waals surface area contributed by atoms with E-state index >= 15 is 0 Å². The number of nitro benzene ring substituents is 1. The van der Waals surface area contributed by atoms with E-state index in [0.29, 0.717) is 37.3 Å². The van der Waals surface area contributed by atoms with Gasteiger partial charge in [-0.25, -0.2) is 4.39 Å². The van der Waals surface area contributed by atoms with Crippen LogP contribution >= 0.6 is 0 Å². The first-order valence-electron chi connectivity index (χ1n) is 10.3. The van der Waals surface area contributed by atoms with Crippen LogP contribution in [0.4, 0.5) is 15.8 Å². The van der Waals surface area contributed by atoms with Crippen molar-refractivity contribution in [2.45, 2.75) is 0 Å². The molecular weight excluding hydrogens is 409 g/mol. The number of carbonyl (C=O) groups excluding carboxylic acids is 1. The van der Waals surface area contributed by atoms with Gasteiger partial charge in [0.15, 0.2) is 0 Å². The summed E-state index contributed by atoms with van der Waals surface area (Å²) in [6.07, 6.45) is 1.77. The van der Waals surface area contributed by atoms with Gasteiger partial charge in [-0.1, -0.05) is 30.3 Å².